The molecular formula is C25H28N4O4S. The van der Waals surface area contributed by atoms with Gasteiger partial charge in [0.05, 0.1) is 21.7 Å². The number of amides is 2. The third-order valence-corrected chi connectivity index (χ3v) is 7.92. The molecule has 0 saturated carbocycles. The van der Waals surface area contributed by atoms with Gasteiger partial charge in [-0.3, -0.25) is 14.6 Å². The molecule has 178 valence electrons. The van der Waals surface area contributed by atoms with E-state index in [1.54, 1.807) is 12.1 Å². The number of aryl methyl sites for hydroxylation is 2. The Hall–Kier alpha value is -3.30. The monoisotopic (exact) mass is 480 g/mol. The van der Waals surface area contributed by atoms with E-state index in [0.717, 1.165) is 16.5 Å². The Labute approximate surface area is 199 Å². The highest BCUT2D eigenvalue weighted by molar-refractivity contribution is 7.89. The number of rotatable bonds is 5. The molecule has 1 fully saturated rings. The zero-order valence-corrected chi connectivity index (χ0v) is 20.3. The topological polar surface area (TPSA) is 108 Å². The fraction of sp³-hybridized carbons (Fsp3) is 0.320. The normalized spacial score (nSPS) is 15.3. The fourth-order valence-electron chi connectivity index (χ4n) is 4.19. The van der Waals surface area contributed by atoms with Crippen molar-refractivity contribution < 1.29 is 18.0 Å². The van der Waals surface area contributed by atoms with E-state index in [1.165, 1.54) is 23.4 Å². The SMILES string of the molecule is CC(=O)Nc1ccc(S(=O)(=O)N2CCC(NC(=O)c3cc4cc(C)ccc4nc3C)CC2)cc1. The largest absolute Gasteiger partial charge is 0.349 e. The Morgan fingerprint density at radius 3 is 2.32 bits per heavy atom. The van der Waals surface area contributed by atoms with Crippen LogP contribution in [0.15, 0.2) is 53.4 Å². The first-order valence-electron chi connectivity index (χ1n) is 11.2. The van der Waals surface area contributed by atoms with Gasteiger partial charge in [-0.05, 0) is 69.2 Å². The smallest absolute Gasteiger partial charge is 0.253 e. The van der Waals surface area contributed by atoms with Crippen LogP contribution in [0.4, 0.5) is 5.69 Å². The van der Waals surface area contributed by atoms with Gasteiger partial charge in [0.25, 0.3) is 5.91 Å². The molecule has 8 nitrogen and oxygen atoms in total. The molecule has 0 aliphatic carbocycles. The molecule has 4 rings (SSSR count). The molecule has 2 amide bonds. The quantitative estimate of drug-likeness (QED) is 0.582. The van der Waals surface area contributed by atoms with E-state index in [9.17, 15) is 18.0 Å². The lowest BCUT2D eigenvalue weighted by Crippen LogP contribution is -2.46. The van der Waals surface area contributed by atoms with Crippen LogP contribution in [0.2, 0.25) is 0 Å². The summed E-state index contributed by atoms with van der Waals surface area (Å²) in [4.78, 5) is 28.9. The van der Waals surface area contributed by atoms with Crippen LogP contribution in [0.5, 0.6) is 0 Å². The van der Waals surface area contributed by atoms with Gasteiger partial charge in [-0.25, -0.2) is 8.42 Å². The Kier molecular flexibility index (Phi) is 6.67. The standard InChI is InChI=1S/C25H28N4O4S/c1-16-4-9-24-19(14-16)15-23(17(2)26-24)25(31)28-21-10-12-29(13-11-21)34(32,33)22-7-5-20(6-8-22)27-18(3)30/h4-9,14-15,21H,10-13H2,1-3H3,(H,27,30)(H,28,31). The van der Waals surface area contributed by atoms with Crippen LogP contribution in [0.25, 0.3) is 10.9 Å². The van der Waals surface area contributed by atoms with Crippen molar-refractivity contribution in [3.63, 3.8) is 0 Å². The number of nitrogens with one attached hydrogen (secondary N) is 2. The number of nitrogens with zero attached hydrogens (tertiary/aromatic N) is 2. The van der Waals surface area contributed by atoms with E-state index in [4.69, 9.17) is 0 Å². The van der Waals surface area contributed by atoms with Gasteiger partial charge in [0.15, 0.2) is 0 Å². The molecule has 1 aliphatic heterocycles. The Bertz CT molecular complexity index is 1350. The zero-order chi connectivity index (χ0) is 24.5. The van der Waals surface area contributed by atoms with E-state index in [1.807, 2.05) is 38.1 Å². The first-order valence-corrected chi connectivity index (χ1v) is 12.6. The van der Waals surface area contributed by atoms with Crippen LogP contribution in [-0.2, 0) is 14.8 Å². The van der Waals surface area contributed by atoms with E-state index < -0.39 is 10.0 Å². The van der Waals surface area contributed by atoms with Crippen molar-refractivity contribution in [1.82, 2.24) is 14.6 Å². The predicted octanol–water partition coefficient (Wildman–Crippen LogP) is 3.39. The van der Waals surface area contributed by atoms with Crippen molar-refractivity contribution in [1.29, 1.82) is 0 Å². The molecule has 1 aromatic heterocycles. The number of hydrogen-bond donors (Lipinski definition) is 2. The number of anilines is 1. The highest BCUT2D eigenvalue weighted by Crippen LogP contribution is 2.23. The highest BCUT2D eigenvalue weighted by atomic mass is 32.2. The third-order valence-electron chi connectivity index (χ3n) is 6.01. The minimum absolute atomic E-state index is 0.117. The molecule has 0 radical (unpaired) electrons. The first-order chi connectivity index (χ1) is 16.1. The van der Waals surface area contributed by atoms with Gasteiger partial charge in [0.2, 0.25) is 15.9 Å². The number of sulfonamides is 1. The molecule has 2 heterocycles. The Morgan fingerprint density at radius 1 is 1.00 bits per heavy atom. The molecule has 1 aliphatic rings. The summed E-state index contributed by atoms with van der Waals surface area (Å²) in [5.41, 5.74) is 3.69. The van der Waals surface area contributed by atoms with E-state index >= 15 is 0 Å². The van der Waals surface area contributed by atoms with Crippen LogP contribution in [0.1, 0.15) is 41.4 Å². The van der Waals surface area contributed by atoms with Gasteiger partial charge in [-0.1, -0.05) is 11.6 Å². The Balaban J connectivity index is 1.40. The maximum absolute atomic E-state index is 13.0. The Morgan fingerprint density at radius 2 is 1.68 bits per heavy atom. The van der Waals surface area contributed by atoms with Gasteiger partial charge in [-0.15, -0.1) is 0 Å². The minimum atomic E-state index is -3.65. The second kappa shape index (κ2) is 9.52. The second-order valence-electron chi connectivity index (χ2n) is 8.67. The van der Waals surface area contributed by atoms with Crippen molar-refractivity contribution >= 4 is 38.4 Å². The van der Waals surface area contributed by atoms with Crippen LogP contribution < -0.4 is 10.6 Å². The fourth-order valence-corrected chi connectivity index (χ4v) is 5.66. The summed E-state index contributed by atoms with van der Waals surface area (Å²) < 4.78 is 27.5. The van der Waals surface area contributed by atoms with Crippen molar-refractivity contribution in [2.24, 2.45) is 0 Å². The molecule has 0 unspecified atom stereocenters. The number of pyridine rings is 1. The molecule has 0 spiro atoms. The predicted molar refractivity (Wildman–Crippen MR) is 131 cm³/mol. The van der Waals surface area contributed by atoms with Crippen LogP contribution in [0.3, 0.4) is 0 Å². The molecule has 0 bridgehead atoms. The highest BCUT2D eigenvalue weighted by Gasteiger charge is 2.30. The number of fused-ring (bicyclic) bond motifs is 1. The summed E-state index contributed by atoms with van der Waals surface area (Å²) in [7, 11) is -3.65. The van der Waals surface area contributed by atoms with E-state index in [0.29, 0.717) is 42.9 Å². The molecule has 9 heteroatoms. The van der Waals surface area contributed by atoms with Crippen molar-refractivity contribution in [3.8, 4) is 0 Å². The lowest BCUT2D eigenvalue weighted by Gasteiger charge is -2.31. The zero-order valence-electron chi connectivity index (χ0n) is 19.5. The number of piperidine rings is 1. The number of hydrogen-bond acceptors (Lipinski definition) is 5. The molecule has 34 heavy (non-hydrogen) atoms. The summed E-state index contributed by atoms with van der Waals surface area (Å²) in [5.74, 6) is -0.409. The molecular weight excluding hydrogens is 452 g/mol. The lowest BCUT2D eigenvalue weighted by molar-refractivity contribution is -0.114. The van der Waals surface area contributed by atoms with Gasteiger partial charge < -0.3 is 10.6 Å². The van der Waals surface area contributed by atoms with Crippen LogP contribution >= 0.6 is 0 Å². The number of aromatic nitrogens is 1. The summed E-state index contributed by atoms with van der Waals surface area (Å²) in [6.45, 7) is 5.84. The number of carbonyl (C=O) groups excluding carboxylic acids is 2. The van der Waals surface area contributed by atoms with E-state index in [2.05, 4.69) is 15.6 Å². The average Bonchev–Trinajstić information content (AvgIpc) is 2.79. The molecule has 2 aromatic carbocycles. The van der Waals surface area contributed by atoms with Crippen molar-refractivity contribution in [2.45, 2.75) is 44.6 Å². The summed E-state index contributed by atoms with van der Waals surface area (Å²) >= 11 is 0. The minimum Gasteiger partial charge on any atom is -0.349 e. The van der Waals surface area contributed by atoms with Crippen molar-refractivity contribution in [2.75, 3.05) is 18.4 Å². The number of carbonyl (C=O) groups is 2. The molecule has 1 saturated heterocycles. The maximum atomic E-state index is 13.0. The van der Waals surface area contributed by atoms with Crippen LogP contribution in [0, 0.1) is 13.8 Å². The summed E-state index contributed by atoms with van der Waals surface area (Å²) in [6.07, 6.45) is 1.04. The van der Waals surface area contributed by atoms with Crippen LogP contribution in [-0.4, -0.2) is 48.7 Å². The summed E-state index contributed by atoms with van der Waals surface area (Å²) in [5, 5.41) is 6.59. The first kappa shape index (κ1) is 23.8. The van der Waals surface area contributed by atoms with Gasteiger partial charge in [0, 0.05) is 37.1 Å². The maximum Gasteiger partial charge on any atom is 0.253 e. The average molecular weight is 481 g/mol. The molecule has 0 atom stereocenters. The van der Waals surface area contributed by atoms with Crippen molar-refractivity contribution in [3.05, 3.63) is 65.4 Å². The second-order valence-corrected chi connectivity index (χ2v) is 10.6. The third kappa shape index (κ3) is 5.10. The van der Waals surface area contributed by atoms with Gasteiger partial charge in [0.1, 0.15) is 0 Å². The molecule has 2 N–H and O–H groups in total. The van der Waals surface area contributed by atoms with Gasteiger partial charge in [-0.2, -0.15) is 4.31 Å². The lowest BCUT2D eigenvalue weighted by atomic mass is 10.0. The van der Waals surface area contributed by atoms with Gasteiger partial charge >= 0.3 is 0 Å². The molecule has 3 aromatic rings. The van der Waals surface area contributed by atoms with E-state index in [-0.39, 0.29) is 22.8 Å². The number of benzene rings is 2. The summed E-state index contributed by atoms with van der Waals surface area (Å²) in [6, 6.07) is 13.8.